The number of fused-ring (bicyclic) bond motifs is 1. The van der Waals surface area contributed by atoms with E-state index >= 15 is 0 Å². The summed E-state index contributed by atoms with van der Waals surface area (Å²) >= 11 is 0. The average molecular weight is 189 g/mol. The van der Waals surface area contributed by atoms with Gasteiger partial charge in [-0.05, 0) is 0 Å². The van der Waals surface area contributed by atoms with Crippen LogP contribution in [0.5, 0.6) is 0 Å². The van der Waals surface area contributed by atoms with Crippen LogP contribution in [0.1, 0.15) is 17.3 Å². The summed E-state index contributed by atoms with van der Waals surface area (Å²) in [6.45, 7) is 3.95. The lowest BCUT2D eigenvalue weighted by molar-refractivity contribution is 0.472. The van der Waals surface area contributed by atoms with Gasteiger partial charge in [-0.15, -0.1) is 12.4 Å². The first-order valence-electron chi connectivity index (χ1n) is 4.02. The Hall–Kier alpha value is -0.540. The summed E-state index contributed by atoms with van der Waals surface area (Å²) in [7, 11) is 0. The van der Waals surface area contributed by atoms with Gasteiger partial charge in [0.15, 0.2) is 5.89 Å². The molecule has 0 atom stereocenters. The molecule has 1 N–H and O–H groups in total. The molecule has 0 fully saturated rings. The second-order valence-corrected chi connectivity index (χ2v) is 2.85. The van der Waals surface area contributed by atoms with Crippen molar-refractivity contribution < 1.29 is 4.42 Å². The van der Waals surface area contributed by atoms with Gasteiger partial charge in [0.1, 0.15) is 5.76 Å². The van der Waals surface area contributed by atoms with E-state index in [1.165, 1.54) is 0 Å². The van der Waals surface area contributed by atoms with Crippen LogP contribution in [-0.4, -0.2) is 18.1 Å². The highest BCUT2D eigenvalue weighted by atomic mass is 35.5. The molecule has 0 amide bonds. The second-order valence-electron chi connectivity index (χ2n) is 2.85. The Kier molecular flexibility index (Phi) is 3.12. The molecule has 0 spiro atoms. The van der Waals surface area contributed by atoms with E-state index in [-0.39, 0.29) is 12.4 Å². The molecule has 0 saturated carbocycles. The average Bonchev–Trinajstić information content (AvgIpc) is 2.17. The number of aromatic nitrogens is 1. The molecule has 68 valence electrons. The van der Waals surface area contributed by atoms with Crippen LogP contribution < -0.4 is 5.32 Å². The zero-order chi connectivity index (χ0) is 7.68. The van der Waals surface area contributed by atoms with Crippen molar-refractivity contribution in [2.75, 3.05) is 13.1 Å². The van der Waals surface area contributed by atoms with E-state index < -0.39 is 0 Å². The van der Waals surface area contributed by atoms with Crippen molar-refractivity contribution in [3.05, 3.63) is 17.3 Å². The number of aryl methyl sites for hydroxylation is 1. The number of nitrogens with zero attached hydrogens (tertiary/aromatic N) is 1. The Morgan fingerprint density at radius 1 is 1.33 bits per heavy atom. The lowest BCUT2D eigenvalue weighted by Gasteiger charge is -1.93. The van der Waals surface area contributed by atoms with Gasteiger partial charge in [0.2, 0.25) is 0 Å². The number of nitrogens with one attached hydrogen (secondary N) is 1. The first-order chi connectivity index (χ1) is 5.36. The maximum atomic E-state index is 5.43. The van der Waals surface area contributed by atoms with Gasteiger partial charge in [-0.25, -0.2) is 4.98 Å². The standard InChI is InChI=1S/C8H12N2O.ClH/c1-6-10-7-2-4-9-5-3-8(7)11-6;/h9H,2-5H2,1H3;1H. The fourth-order valence-electron chi connectivity index (χ4n) is 1.44. The van der Waals surface area contributed by atoms with Crippen molar-refractivity contribution in [1.29, 1.82) is 0 Å². The van der Waals surface area contributed by atoms with E-state index in [2.05, 4.69) is 10.3 Å². The zero-order valence-electron chi connectivity index (χ0n) is 7.09. The summed E-state index contributed by atoms with van der Waals surface area (Å²) in [5.41, 5.74) is 1.15. The molecular weight excluding hydrogens is 176 g/mol. The molecule has 2 rings (SSSR count). The summed E-state index contributed by atoms with van der Waals surface area (Å²) in [5, 5.41) is 3.30. The molecule has 1 aliphatic heterocycles. The highest BCUT2D eigenvalue weighted by Gasteiger charge is 2.12. The molecular formula is C8H13ClN2O. The Bertz CT molecular complexity index is 236. The predicted molar refractivity (Wildman–Crippen MR) is 48.8 cm³/mol. The SMILES string of the molecule is Cc1nc2c(o1)CCNCC2.Cl. The van der Waals surface area contributed by atoms with E-state index in [1.807, 2.05) is 6.92 Å². The Morgan fingerprint density at radius 2 is 2.08 bits per heavy atom. The largest absolute Gasteiger partial charge is 0.446 e. The summed E-state index contributed by atoms with van der Waals surface area (Å²) in [6.07, 6.45) is 1.99. The maximum Gasteiger partial charge on any atom is 0.191 e. The van der Waals surface area contributed by atoms with Crippen molar-refractivity contribution in [1.82, 2.24) is 10.3 Å². The quantitative estimate of drug-likeness (QED) is 0.663. The van der Waals surface area contributed by atoms with Crippen LogP contribution in [0.4, 0.5) is 0 Å². The van der Waals surface area contributed by atoms with E-state index in [4.69, 9.17) is 4.42 Å². The lowest BCUT2D eigenvalue weighted by atomic mass is 10.2. The number of hydrogen-bond acceptors (Lipinski definition) is 3. The van der Waals surface area contributed by atoms with E-state index in [0.29, 0.717) is 0 Å². The smallest absolute Gasteiger partial charge is 0.191 e. The summed E-state index contributed by atoms with van der Waals surface area (Å²) in [5.74, 6) is 1.88. The third kappa shape index (κ3) is 1.79. The van der Waals surface area contributed by atoms with Crippen LogP contribution in [0.15, 0.2) is 4.42 Å². The molecule has 2 heterocycles. The van der Waals surface area contributed by atoms with Crippen molar-refractivity contribution in [2.24, 2.45) is 0 Å². The van der Waals surface area contributed by atoms with Gasteiger partial charge in [0.05, 0.1) is 5.69 Å². The number of hydrogen-bond donors (Lipinski definition) is 1. The highest BCUT2D eigenvalue weighted by Crippen LogP contribution is 2.12. The molecule has 0 aromatic carbocycles. The first kappa shape index (κ1) is 9.55. The minimum atomic E-state index is 0. The fourth-order valence-corrected chi connectivity index (χ4v) is 1.44. The minimum absolute atomic E-state index is 0. The molecule has 1 aromatic rings. The molecule has 0 bridgehead atoms. The topological polar surface area (TPSA) is 38.1 Å². The van der Waals surface area contributed by atoms with Crippen LogP contribution in [0.2, 0.25) is 0 Å². The van der Waals surface area contributed by atoms with E-state index in [0.717, 1.165) is 43.3 Å². The third-order valence-electron chi connectivity index (χ3n) is 1.95. The van der Waals surface area contributed by atoms with Crippen LogP contribution in [0, 0.1) is 6.92 Å². The first-order valence-corrected chi connectivity index (χ1v) is 4.02. The van der Waals surface area contributed by atoms with Crippen molar-refractivity contribution in [3.8, 4) is 0 Å². The van der Waals surface area contributed by atoms with Gasteiger partial charge in [-0.3, -0.25) is 0 Å². The number of oxazole rings is 1. The third-order valence-corrected chi connectivity index (χ3v) is 1.95. The molecule has 0 saturated heterocycles. The van der Waals surface area contributed by atoms with Gasteiger partial charge in [-0.1, -0.05) is 0 Å². The highest BCUT2D eigenvalue weighted by molar-refractivity contribution is 5.85. The molecule has 12 heavy (non-hydrogen) atoms. The zero-order valence-corrected chi connectivity index (χ0v) is 7.91. The summed E-state index contributed by atoms with van der Waals surface area (Å²) < 4.78 is 5.43. The molecule has 3 nitrogen and oxygen atoms in total. The molecule has 0 aliphatic carbocycles. The van der Waals surface area contributed by atoms with Crippen LogP contribution in [0.3, 0.4) is 0 Å². The number of rotatable bonds is 0. The van der Waals surface area contributed by atoms with Gasteiger partial charge < -0.3 is 9.73 Å². The van der Waals surface area contributed by atoms with Gasteiger partial charge in [0, 0.05) is 32.9 Å². The van der Waals surface area contributed by atoms with E-state index in [9.17, 15) is 0 Å². The molecule has 0 unspecified atom stereocenters. The molecule has 1 aromatic heterocycles. The predicted octanol–water partition coefficient (Wildman–Crippen LogP) is 1.09. The van der Waals surface area contributed by atoms with Crippen molar-refractivity contribution in [3.63, 3.8) is 0 Å². The maximum absolute atomic E-state index is 5.43. The molecule has 0 radical (unpaired) electrons. The van der Waals surface area contributed by atoms with Crippen molar-refractivity contribution >= 4 is 12.4 Å². The minimum Gasteiger partial charge on any atom is -0.446 e. The Balaban J connectivity index is 0.000000720. The Morgan fingerprint density at radius 3 is 2.92 bits per heavy atom. The lowest BCUT2D eigenvalue weighted by Crippen LogP contribution is -2.16. The fraction of sp³-hybridized carbons (Fsp3) is 0.625. The second kappa shape index (κ2) is 3.92. The summed E-state index contributed by atoms with van der Waals surface area (Å²) in [6, 6.07) is 0. The normalized spacial score (nSPS) is 16.1. The van der Waals surface area contributed by atoms with Gasteiger partial charge in [-0.2, -0.15) is 0 Å². The van der Waals surface area contributed by atoms with Gasteiger partial charge >= 0.3 is 0 Å². The summed E-state index contributed by atoms with van der Waals surface area (Å²) in [4.78, 5) is 4.30. The Labute approximate surface area is 78.0 Å². The van der Waals surface area contributed by atoms with Crippen LogP contribution in [-0.2, 0) is 12.8 Å². The van der Waals surface area contributed by atoms with Crippen molar-refractivity contribution in [2.45, 2.75) is 19.8 Å². The number of halogens is 1. The van der Waals surface area contributed by atoms with Crippen LogP contribution >= 0.6 is 12.4 Å². The molecule has 1 aliphatic rings. The molecule has 4 heteroatoms. The van der Waals surface area contributed by atoms with Crippen LogP contribution in [0.25, 0.3) is 0 Å². The van der Waals surface area contributed by atoms with E-state index in [1.54, 1.807) is 0 Å². The van der Waals surface area contributed by atoms with Gasteiger partial charge in [0.25, 0.3) is 0 Å². The monoisotopic (exact) mass is 188 g/mol.